The summed E-state index contributed by atoms with van der Waals surface area (Å²) in [4.78, 5) is 0. The molecule has 0 amide bonds. The summed E-state index contributed by atoms with van der Waals surface area (Å²) in [7, 11) is 0. The monoisotopic (exact) mass is 282 g/mol. The number of nitrogens with two attached hydrogens (primary N) is 1. The van der Waals surface area contributed by atoms with Crippen molar-refractivity contribution in [2.45, 2.75) is 90.9 Å². The molecule has 0 spiro atoms. The maximum atomic E-state index is 6.27. The molecule has 2 fully saturated rings. The van der Waals surface area contributed by atoms with Gasteiger partial charge >= 0.3 is 0 Å². The van der Waals surface area contributed by atoms with Gasteiger partial charge in [0.15, 0.2) is 0 Å². The summed E-state index contributed by atoms with van der Waals surface area (Å²) in [6, 6.07) is 0.378. The second kappa shape index (κ2) is 5.26. The van der Waals surface area contributed by atoms with Crippen LogP contribution in [0.3, 0.4) is 0 Å². The fourth-order valence-corrected chi connectivity index (χ4v) is 4.53. The molecule has 1 heterocycles. The number of rotatable bonds is 3. The predicted molar refractivity (Wildman–Crippen MR) is 84.2 cm³/mol. The van der Waals surface area contributed by atoms with Gasteiger partial charge in [-0.25, -0.2) is 0 Å². The Kier molecular flexibility index (Phi) is 4.27. The highest BCUT2D eigenvalue weighted by molar-refractivity contribution is 5.01. The van der Waals surface area contributed by atoms with Crippen LogP contribution in [0.4, 0.5) is 0 Å². The van der Waals surface area contributed by atoms with E-state index in [9.17, 15) is 0 Å². The second-order valence-corrected chi connectivity index (χ2v) is 8.97. The van der Waals surface area contributed by atoms with Crippen LogP contribution in [0.25, 0.3) is 0 Å². The molecule has 1 saturated heterocycles. The number of ether oxygens (including phenoxy) is 1. The van der Waals surface area contributed by atoms with Gasteiger partial charge in [0.25, 0.3) is 0 Å². The first kappa shape index (κ1) is 16.3. The van der Waals surface area contributed by atoms with Crippen LogP contribution in [0.1, 0.15) is 73.6 Å². The van der Waals surface area contributed by atoms with E-state index in [2.05, 4.69) is 47.0 Å². The molecule has 3 heteroatoms. The van der Waals surface area contributed by atoms with Gasteiger partial charge in [-0.05, 0) is 71.1 Å². The SMILES string of the molecule is CC1(C)CCC(C(NN)C2CC(C)(C)OC2(C)C)CC1. The van der Waals surface area contributed by atoms with Crippen LogP contribution in [0, 0.1) is 17.3 Å². The van der Waals surface area contributed by atoms with Crippen LogP contribution < -0.4 is 11.3 Å². The van der Waals surface area contributed by atoms with Gasteiger partial charge in [0.1, 0.15) is 0 Å². The van der Waals surface area contributed by atoms with E-state index in [1.54, 1.807) is 0 Å². The van der Waals surface area contributed by atoms with Crippen molar-refractivity contribution < 1.29 is 4.74 Å². The van der Waals surface area contributed by atoms with E-state index in [0.717, 1.165) is 6.42 Å². The fraction of sp³-hybridized carbons (Fsp3) is 1.00. The van der Waals surface area contributed by atoms with Crippen molar-refractivity contribution >= 4 is 0 Å². The van der Waals surface area contributed by atoms with E-state index in [1.807, 2.05) is 0 Å². The van der Waals surface area contributed by atoms with Gasteiger partial charge in [0.05, 0.1) is 11.2 Å². The minimum Gasteiger partial charge on any atom is -0.369 e. The Morgan fingerprint density at radius 1 is 1.05 bits per heavy atom. The highest BCUT2D eigenvalue weighted by atomic mass is 16.5. The van der Waals surface area contributed by atoms with Gasteiger partial charge in [0, 0.05) is 12.0 Å². The fourth-order valence-electron chi connectivity index (χ4n) is 4.53. The van der Waals surface area contributed by atoms with Crippen LogP contribution in [0.5, 0.6) is 0 Å². The van der Waals surface area contributed by atoms with Crippen LogP contribution in [0.15, 0.2) is 0 Å². The first-order valence-corrected chi connectivity index (χ1v) is 8.23. The zero-order valence-corrected chi connectivity index (χ0v) is 14.3. The molecule has 1 aliphatic heterocycles. The molecule has 0 aromatic carbocycles. The smallest absolute Gasteiger partial charge is 0.0678 e. The summed E-state index contributed by atoms with van der Waals surface area (Å²) in [5.41, 5.74) is 3.54. The minimum atomic E-state index is -0.0898. The lowest BCUT2D eigenvalue weighted by atomic mass is 9.67. The first-order chi connectivity index (χ1) is 9.06. The quantitative estimate of drug-likeness (QED) is 0.614. The normalized spacial score (nSPS) is 34.0. The molecule has 1 saturated carbocycles. The van der Waals surface area contributed by atoms with Crippen molar-refractivity contribution in [3.63, 3.8) is 0 Å². The number of nitrogens with one attached hydrogen (secondary N) is 1. The standard InChI is InChI=1S/C17H34N2O/c1-15(2)9-7-12(8-10-15)14(19-18)13-11-16(3,4)20-17(13,5)6/h12-14,19H,7-11,18H2,1-6H3. The largest absolute Gasteiger partial charge is 0.369 e. The molecule has 1 aliphatic carbocycles. The minimum absolute atomic E-state index is 0.0306. The lowest BCUT2D eigenvalue weighted by Crippen LogP contribution is -2.52. The molecule has 2 unspecified atom stereocenters. The topological polar surface area (TPSA) is 47.3 Å². The molecule has 3 N–H and O–H groups in total. The summed E-state index contributed by atoms with van der Waals surface area (Å²) < 4.78 is 6.27. The Hall–Kier alpha value is -0.120. The Bertz CT molecular complexity index is 339. The van der Waals surface area contributed by atoms with Crippen LogP contribution in [0.2, 0.25) is 0 Å². The third kappa shape index (κ3) is 3.37. The lowest BCUT2D eigenvalue weighted by molar-refractivity contribution is -0.0807. The zero-order chi connectivity index (χ0) is 15.2. The van der Waals surface area contributed by atoms with Crippen LogP contribution >= 0.6 is 0 Å². The summed E-state index contributed by atoms with van der Waals surface area (Å²) >= 11 is 0. The van der Waals surface area contributed by atoms with Crippen molar-refractivity contribution in [1.29, 1.82) is 0 Å². The Morgan fingerprint density at radius 3 is 2.00 bits per heavy atom. The maximum absolute atomic E-state index is 6.27. The molecule has 3 nitrogen and oxygen atoms in total. The van der Waals surface area contributed by atoms with E-state index < -0.39 is 0 Å². The van der Waals surface area contributed by atoms with Crippen LogP contribution in [-0.4, -0.2) is 17.2 Å². The maximum Gasteiger partial charge on any atom is 0.0678 e. The van der Waals surface area contributed by atoms with Gasteiger partial charge in [-0.15, -0.1) is 0 Å². The molecule has 0 bridgehead atoms. The van der Waals surface area contributed by atoms with Crippen molar-refractivity contribution in [2.24, 2.45) is 23.1 Å². The van der Waals surface area contributed by atoms with Crippen LogP contribution in [-0.2, 0) is 4.74 Å². The van der Waals surface area contributed by atoms with Gasteiger partial charge in [-0.3, -0.25) is 11.3 Å². The predicted octanol–water partition coefficient (Wildman–Crippen LogP) is 3.63. The lowest BCUT2D eigenvalue weighted by Gasteiger charge is -2.42. The molecule has 0 aromatic heterocycles. The highest BCUT2D eigenvalue weighted by Gasteiger charge is 2.50. The molecule has 20 heavy (non-hydrogen) atoms. The van der Waals surface area contributed by atoms with E-state index in [-0.39, 0.29) is 11.2 Å². The average molecular weight is 282 g/mol. The number of hydrogen-bond donors (Lipinski definition) is 2. The van der Waals surface area contributed by atoms with Crippen molar-refractivity contribution in [2.75, 3.05) is 0 Å². The summed E-state index contributed by atoms with van der Waals surface area (Å²) in [6.07, 6.45) is 6.29. The third-order valence-electron chi connectivity index (χ3n) is 5.66. The van der Waals surface area contributed by atoms with E-state index in [4.69, 9.17) is 10.6 Å². The molecule has 0 radical (unpaired) electrons. The van der Waals surface area contributed by atoms with E-state index in [1.165, 1.54) is 25.7 Å². The summed E-state index contributed by atoms with van der Waals surface area (Å²) in [6.45, 7) is 13.6. The molecular weight excluding hydrogens is 248 g/mol. The Labute approximate surface area is 125 Å². The number of hydrazine groups is 1. The summed E-state index contributed by atoms with van der Waals surface area (Å²) in [5.74, 6) is 7.14. The molecule has 0 aromatic rings. The Balaban J connectivity index is 2.09. The van der Waals surface area contributed by atoms with Gasteiger partial charge in [-0.2, -0.15) is 0 Å². The summed E-state index contributed by atoms with van der Waals surface area (Å²) in [5, 5.41) is 0. The van der Waals surface area contributed by atoms with Gasteiger partial charge in [0.2, 0.25) is 0 Å². The molecular formula is C17H34N2O. The Morgan fingerprint density at radius 2 is 1.60 bits per heavy atom. The molecule has 2 aliphatic rings. The van der Waals surface area contributed by atoms with Crippen molar-refractivity contribution in [3.05, 3.63) is 0 Å². The van der Waals surface area contributed by atoms with Crippen molar-refractivity contribution in [1.82, 2.24) is 5.43 Å². The van der Waals surface area contributed by atoms with Crippen molar-refractivity contribution in [3.8, 4) is 0 Å². The third-order valence-corrected chi connectivity index (χ3v) is 5.66. The first-order valence-electron chi connectivity index (χ1n) is 8.23. The molecule has 2 atom stereocenters. The average Bonchev–Trinajstić information content (AvgIpc) is 2.50. The van der Waals surface area contributed by atoms with E-state index in [0.29, 0.717) is 23.3 Å². The zero-order valence-electron chi connectivity index (χ0n) is 14.3. The van der Waals surface area contributed by atoms with Gasteiger partial charge < -0.3 is 4.74 Å². The second-order valence-electron chi connectivity index (χ2n) is 8.97. The highest BCUT2D eigenvalue weighted by Crippen LogP contribution is 2.48. The molecule has 118 valence electrons. The molecule has 2 rings (SSSR count). The van der Waals surface area contributed by atoms with E-state index >= 15 is 0 Å². The van der Waals surface area contributed by atoms with Gasteiger partial charge in [-0.1, -0.05) is 13.8 Å². The number of hydrogen-bond acceptors (Lipinski definition) is 3.